The predicted octanol–water partition coefficient (Wildman–Crippen LogP) is 1.26. The Morgan fingerprint density at radius 1 is 1.82 bits per heavy atom. The number of oxazole rings is 1. The van der Waals surface area contributed by atoms with Gasteiger partial charge in [-0.15, -0.1) is 6.58 Å². The summed E-state index contributed by atoms with van der Waals surface area (Å²) in [5, 5.41) is 3.09. The first kappa shape index (κ1) is 8.01. The van der Waals surface area contributed by atoms with Gasteiger partial charge in [-0.25, -0.2) is 4.98 Å². The van der Waals surface area contributed by atoms with Gasteiger partial charge in [0.1, 0.15) is 5.76 Å². The number of hydrogen-bond donors (Lipinski definition) is 1. The highest BCUT2D eigenvalue weighted by Gasteiger charge is 1.96. The van der Waals surface area contributed by atoms with Crippen LogP contribution in [0.5, 0.6) is 0 Å². The molecule has 3 heteroatoms. The van der Waals surface area contributed by atoms with Gasteiger partial charge in [-0.05, 0) is 6.92 Å². The number of nitrogens with zero attached hydrogens (tertiary/aromatic N) is 1. The highest BCUT2D eigenvalue weighted by molar-refractivity contribution is 4.90. The van der Waals surface area contributed by atoms with Crippen molar-refractivity contribution in [2.75, 3.05) is 6.54 Å². The second-order valence-corrected chi connectivity index (χ2v) is 2.28. The summed E-state index contributed by atoms with van der Waals surface area (Å²) < 4.78 is 5.22. The van der Waals surface area contributed by atoms with Crippen LogP contribution >= 0.6 is 0 Å². The Balaban J connectivity index is 2.32. The maximum atomic E-state index is 5.22. The first-order chi connectivity index (χ1) is 5.33. The highest BCUT2D eigenvalue weighted by Crippen LogP contribution is 1.99. The minimum atomic E-state index is 0.667. The van der Waals surface area contributed by atoms with Gasteiger partial charge in [0.15, 0.2) is 0 Å². The molecule has 3 nitrogen and oxygen atoms in total. The molecule has 1 N–H and O–H groups in total. The molecule has 1 rings (SSSR count). The maximum absolute atomic E-state index is 5.22. The van der Waals surface area contributed by atoms with Crippen molar-refractivity contribution in [2.45, 2.75) is 13.5 Å². The summed E-state index contributed by atoms with van der Waals surface area (Å²) in [5.74, 6) is 1.57. The Morgan fingerprint density at radius 2 is 2.64 bits per heavy atom. The summed E-state index contributed by atoms with van der Waals surface area (Å²) in [6, 6.07) is 0. The zero-order valence-electron chi connectivity index (χ0n) is 6.63. The first-order valence-electron chi connectivity index (χ1n) is 3.56. The average Bonchev–Trinajstić information content (AvgIpc) is 2.37. The normalized spacial score (nSPS) is 9.91. The van der Waals surface area contributed by atoms with E-state index in [2.05, 4.69) is 16.9 Å². The van der Waals surface area contributed by atoms with Gasteiger partial charge >= 0.3 is 0 Å². The third-order valence-electron chi connectivity index (χ3n) is 1.23. The van der Waals surface area contributed by atoms with E-state index in [1.165, 1.54) is 0 Å². The number of aryl methyl sites for hydroxylation is 1. The Morgan fingerprint density at radius 3 is 3.18 bits per heavy atom. The minimum absolute atomic E-state index is 0.667. The van der Waals surface area contributed by atoms with E-state index in [4.69, 9.17) is 4.42 Å². The lowest BCUT2D eigenvalue weighted by molar-refractivity contribution is 0.455. The summed E-state index contributed by atoms with van der Waals surface area (Å²) in [4.78, 5) is 4.02. The topological polar surface area (TPSA) is 38.1 Å². The lowest BCUT2D eigenvalue weighted by Crippen LogP contribution is -2.12. The number of aromatic nitrogens is 1. The smallest absolute Gasteiger partial charge is 0.208 e. The molecule has 0 radical (unpaired) electrons. The summed E-state index contributed by atoms with van der Waals surface area (Å²) in [6.07, 6.45) is 3.51. The fourth-order valence-electron chi connectivity index (χ4n) is 0.764. The lowest BCUT2D eigenvalue weighted by Gasteiger charge is -1.94. The summed E-state index contributed by atoms with van der Waals surface area (Å²) >= 11 is 0. The van der Waals surface area contributed by atoms with Gasteiger partial charge in [-0.1, -0.05) is 6.08 Å². The zero-order valence-corrected chi connectivity index (χ0v) is 6.63. The van der Waals surface area contributed by atoms with Crippen molar-refractivity contribution in [3.63, 3.8) is 0 Å². The molecular weight excluding hydrogens is 140 g/mol. The van der Waals surface area contributed by atoms with E-state index in [0.29, 0.717) is 6.54 Å². The van der Waals surface area contributed by atoms with Crippen LogP contribution in [0.15, 0.2) is 23.3 Å². The fraction of sp³-hybridized carbons (Fsp3) is 0.375. The number of hydrogen-bond acceptors (Lipinski definition) is 3. The third kappa shape index (κ3) is 2.55. The van der Waals surface area contributed by atoms with Gasteiger partial charge in [-0.2, -0.15) is 0 Å². The maximum Gasteiger partial charge on any atom is 0.208 e. The van der Waals surface area contributed by atoms with E-state index in [0.717, 1.165) is 18.2 Å². The lowest BCUT2D eigenvalue weighted by atomic mass is 10.5. The SMILES string of the molecule is C=CCNCc1ncc(C)o1. The zero-order chi connectivity index (χ0) is 8.10. The van der Waals surface area contributed by atoms with Crippen LogP contribution in [0, 0.1) is 6.92 Å². The van der Waals surface area contributed by atoms with E-state index >= 15 is 0 Å². The third-order valence-corrected chi connectivity index (χ3v) is 1.23. The molecule has 0 unspecified atom stereocenters. The Kier molecular flexibility index (Phi) is 2.86. The van der Waals surface area contributed by atoms with Crippen LogP contribution in [-0.2, 0) is 6.54 Å². The molecule has 0 aliphatic carbocycles. The molecule has 11 heavy (non-hydrogen) atoms. The molecule has 0 saturated heterocycles. The molecule has 0 saturated carbocycles. The van der Waals surface area contributed by atoms with Crippen molar-refractivity contribution in [3.05, 3.63) is 30.5 Å². The molecule has 60 valence electrons. The van der Waals surface area contributed by atoms with E-state index in [1.807, 2.05) is 6.92 Å². The van der Waals surface area contributed by atoms with Crippen molar-refractivity contribution in [2.24, 2.45) is 0 Å². The van der Waals surface area contributed by atoms with Crippen molar-refractivity contribution >= 4 is 0 Å². The van der Waals surface area contributed by atoms with Crippen molar-refractivity contribution in [1.82, 2.24) is 10.3 Å². The molecule has 1 aromatic heterocycles. The second-order valence-electron chi connectivity index (χ2n) is 2.28. The van der Waals surface area contributed by atoms with Crippen LogP contribution < -0.4 is 5.32 Å². The molecule has 0 fully saturated rings. The van der Waals surface area contributed by atoms with Crippen LogP contribution in [0.3, 0.4) is 0 Å². The molecule has 0 spiro atoms. The van der Waals surface area contributed by atoms with Gasteiger partial charge < -0.3 is 9.73 Å². The predicted molar refractivity (Wildman–Crippen MR) is 43.1 cm³/mol. The molecule has 0 bridgehead atoms. The Hall–Kier alpha value is -1.09. The summed E-state index contributed by atoms with van der Waals surface area (Å²) in [6.45, 7) is 6.91. The largest absolute Gasteiger partial charge is 0.445 e. The van der Waals surface area contributed by atoms with E-state index < -0.39 is 0 Å². The van der Waals surface area contributed by atoms with Crippen LogP contribution in [0.4, 0.5) is 0 Å². The monoisotopic (exact) mass is 152 g/mol. The highest BCUT2D eigenvalue weighted by atomic mass is 16.4. The number of nitrogens with one attached hydrogen (secondary N) is 1. The molecule has 0 aromatic carbocycles. The van der Waals surface area contributed by atoms with Gasteiger partial charge in [-0.3, -0.25) is 0 Å². The minimum Gasteiger partial charge on any atom is -0.445 e. The first-order valence-corrected chi connectivity index (χ1v) is 3.56. The van der Waals surface area contributed by atoms with Gasteiger partial charge in [0.2, 0.25) is 5.89 Å². The summed E-state index contributed by atoms with van der Waals surface area (Å²) in [7, 11) is 0. The second kappa shape index (κ2) is 3.93. The van der Waals surface area contributed by atoms with Crippen LogP contribution in [0.1, 0.15) is 11.7 Å². The summed E-state index contributed by atoms with van der Waals surface area (Å²) in [5.41, 5.74) is 0. The van der Waals surface area contributed by atoms with Gasteiger partial charge in [0, 0.05) is 6.54 Å². The molecule has 1 aromatic rings. The molecule has 0 aliphatic heterocycles. The van der Waals surface area contributed by atoms with Crippen molar-refractivity contribution < 1.29 is 4.42 Å². The number of rotatable bonds is 4. The van der Waals surface area contributed by atoms with E-state index in [9.17, 15) is 0 Å². The van der Waals surface area contributed by atoms with Crippen LogP contribution in [0.2, 0.25) is 0 Å². The Labute approximate surface area is 66.1 Å². The molecular formula is C8H12N2O. The van der Waals surface area contributed by atoms with Crippen LogP contribution in [-0.4, -0.2) is 11.5 Å². The van der Waals surface area contributed by atoms with Crippen LogP contribution in [0.25, 0.3) is 0 Å². The quantitative estimate of drug-likeness (QED) is 0.521. The van der Waals surface area contributed by atoms with E-state index in [1.54, 1.807) is 12.3 Å². The standard InChI is InChI=1S/C8H12N2O/c1-3-4-9-6-8-10-5-7(2)11-8/h3,5,9H,1,4,6H2,2H3. The fourth-order valence-corrected chi connectivity index (χ4v) is 0.764. The molecule has 0 aliphatic rings. The van der Waals surface area contributed by atoms with E-state index in [-0.39, 0.29) is 0 Å². The van der Waals surface area contributed by atoms with Gasteiger partial charge in [0.25, 0.3) is 0 Å². The Bertz CT molecular complexity index is 230. The van der Waals surface area contributed by atoms with Gasteiger partial charge in [0.05, 0.1) is 12.7 Å². The van der Waals surface area contributed by atoms with Crippen molar-refractivity contribution in [3.8, 4) is 0 Å². The average molecular weight is 152 g/mol. The molecule has 1 heterocycles. The van der Waals surface area contributed by atoms with Crippen molar-refractivity contribution in [1.29, 1.82) is 0 Å². The molecule has 0 amide bonds. The molecule has 0 atom stereocenters.